The SMILES string of the molecule is C[C@@H]1[C@H](N(C(=O)C=NOC2(C(=O)O)CC2)c2csc(N)n2)C(=O)N1OCS(=O)(=O)O. The van der Waals surface area contributed by atoms with Crippen molar-refractivity contribution in [2.75, 3.05) is 16.6 Å². The molecule has 14 nitrogen and oxygen atoms in total. The topological polar surface area (TPSA) is 202 Å². The van der Waals surface area contributed by atoms with E-state index >= 15 is 0 Å². The van der Waals surface area contributed by atoms with E-state index in [4.69, 9.17) is 25.1 Å². The van der Waals surface area contributed by atoms with Crippen molar-refractivity contribution in [2.45, 2.75) is 37.5 Å². The first-order chi connectivity index (χ1) is 13.9. The molecule has 2 fully saturated rings. The minimum Gasteiger partial charge on any atom is -0.478 e. The fourth-order valence-electron chi connectivity index (χ4n) is 2.69. The third-order valence-electron chi connectivity index (χ3n) is 4.39. The first kappa shape index (κ1) is 21.9. The lowest BCUT2D eigenvalue weighted by atomic mass is 9.98. The number of carboxylic acid groups (broad SMARTS) is 1. The molecule has 1 aliphatic carbocycles. The molecular formula is C14H17N5O9S2. The number of rotatable bonds is 9. The Bertz CT molecular complexity index is 1000. The zero-order chi connectivity index (χ0) is 22.3. The van der Waals surface area contributed by atoms with Gasteiger partial charge in [0.2, 0.25) is 11.5 Å². The summed E-state index contributed by atoms with van der Waals surface area (Å²) in [5.74, 6) is -3.93. The lowest BCUT2D eigenvalue weighted by molar-refractivity contribution is -0.222. The van der Waals surface area contributed by atoms with E-state index in [0.29, 0.717) is 11.3 Å². The van der Waals surface area contributed by atoms with Crippen molar-refractivity contribution in [1.82, 2.24) is 10.0 Å². The minimum atomic E-state index is -4.48. The molecule has 1 saturated heterocycles. The number of carboxylic acids is 1. The summed E-state index contributed by atoms with van der Waals surface area (Å²) in [5, 5.41) is 14.7. The van der Waals surface area contributed by atoms with Gasteiger partial charge in [-0.3, -0.25) is 23.9 Å². The Morgan fingerprint density at radius 1 is 1.53 bits per heavy atom. The number of nitrogens with two attached hydrogens (primary N) is 1. The van der Waals surface area contributed by atoms with E-state index in [2.05, 4.69) is 10.1 Å². The number of carbonyl (C=O) groups is 3. The van der Waals surface area contributed by atoms with Crippen molar-refractivity contribution in [3.05, 3.63) is 5.38 Å². The molecule has 0 radical (unpaired) electrons. The Morgan fingerprint density at radius 3 is 2.67 bits per heavy atom. The molecule has 0 unspecified atom stereocenters. The average Bonchev–Trinajstić information content (AvgIpc) is 3.32. The predicted octanol–water partition coefficient (Wildman–Crippen LogP) is -0.946. The third-order valence-corrected chi connectivity index (χ3v) is 5.46. The number of nitrogens with zero attached hydrogens (tertiary/aromatic N) is 4. The number of hydrogen-bond acceptors (Lipinski definition) is 11. The van der Waals surface area contributed by atoms with Crippen LogP contribution in [0.25, 0.3) is 0 Å². The summed E-state index contributed by atoms with van der Waals surface area (Å²) in [5.41, 5.74) is 4.15. The van der Waals surface area contributed by atoms with E-state index < -0.39 is 51.5 Å². The number of aromatic nitrogens is 1. The average molecular weight is 463 g/mol. The highest BCUT2D eigenvalue weighted by molar-refractivity contribution is 7.85. The Morgan fingerprint density at radius 2 is 2.20 bits per heavy atom. The van der Waals surface area contributed by atoms with Gasteiger partial charge in [-0.05, 0) is 6.92 Å². The van der Waals surface area contributed by atoms with Crippen LogP contribution in [0.3, 0.4) is 0 Å². The summed E-state index contributed by atoms with van der Waals surface area (Å²) < 4.78 is 30.4. The van der Waals surface area contributed by atoms with Gasteiger partial charge < -0.3 is 15.7 Å². The smallest absolute Gasteiger partial charge is 0.350 e. The van der Waals surface area contributed by atoms with Gasteiger partial charge >= 0.3 is 5.97 Å². The molecule has 164 valence electrons. The monoisotopic (exact) mass is 463 g/mol. The molecule has 16 heteroatoms. The maximum Gasteiger partial charge on any atom is 0.350 e. The Balaban J connectivity index is 1.76. The van der Waals surface area contributed by atoms with Gasteiger partial charge in [0, 0.05) is 18.2 Å². The number of amides is 2. The predicted molar refractivity (Wildman–Crippen MR) is 101 cm³/mol. The van der Waals surface area contributed by atoms with Gasteiger partial charge in [-0.15, -0.1) is 11.3 Å². The van der Waals surface area contributed by atoms with E-state index in [1.54, 1.807) is 0 Å². The molecular weight excluding hydrogens is 446 g/mol. The number of aliphatic carboxylic acids is 1. The van der Waals surface area contributed by atoms with Gasteiger partial charge in [0.15, 0.2) is 5.13 Å². The molecule has 2 atom stereocenters. The lowest BCUT2D eigenvalue weighted by Gasteiger charge is -2.47. The van der Waals surface area contributed by atoms with Gasteiger partial charge in [-0.2, -0.15) is 8.42 Å². The number of carbonyl (C=O) groups excluding carboxylic acids is 2. The summed E-state index contributed by atoms with van der Waals surface area (Å²) in [6.07, 6.45) is 1.21. The van der Waals surface area contributed by atoms with E-state index in [9.17, 15) is 22.8 Å². The van der Waals surface area contributed by atoms with Crippen LogP contribution in [-0.4, -0.2) is 75.7 Å². The molecule has 30 heavy (non-hydrogen) atoms. The second-order valence-electron chi connectivity index (χ2n) is 6.56. The number of hydroxylamine groups is 2. The molecule has 1 aromatic heterocycles. The second kappa shape index (κ2) is 7.78. The van der Waals surface area contributed by atoms with Crippen LogP contribution in [0.5, 0.6) is 0 Å². The summed E-state index contributed by atoms with van der Waals surface area (Å²) in [4.78, 5) is 50.9. The largest absolute Gasteiger partial charge is 0.478 e. The van der Waals surface area contributed by atoms with E-state index in [-0.39, 0.29) is 23.8 Å². The van der Waals surface area contributed by atoms with Crippen LogP contribution in [0.1, 0.15) is 19.8 Å². The van der Waals surface area contributed by atoms with Crippen LogP contribution in [0.15, 0.2) is 10.5 Å². The minimum absolute atomic E-state index is 0.0351. The molecule has 1 aromatic rings. The van der Waals surface area contributed by atoms with Crippen LogP contribution in [-0.2, 0) is 34.2 Å². The summed E-state index contributed by atoms with van der Waals surface area (Å²) in [6.45, 7) is 1.48. The summed E-state index contributed by atoms with van der Waals surface area (Å²) >= 11 is 1.01. The lowest BCUT2D eigenvalue weighted by Crippen LogP contribution is -2.70. The number of β-lactam (4-membered cyclic amide) rings is 1. The zero-order valence-electron chi connectivity index (χ0n) is 15.4. The molecule has 1 saturated carbocycles. The number of nitrogen functional groups attached to an aromatic ring is 1. The molecule has 2 heterocycles. The van der Waals surface area contributed by atoms with E-state index in [1.807, 2.05) is 0 Å². The van der Waals surface area contributed by atoms with Crippen LogP contribution >= 0.6 is 11.3 Å². The first-order valence-corrected chi connectivity index (χ1v) is 10.8. The van der Waals surface area contributed by atoms with Gasteiger partial charge in [0.05, 0.1) is 6.04 Å². The number of thiazole rings is 1. The highest BCUT2D eigenvalue weighted by atomic mass is 32.2. The molecule has 3 rings (SSSR count). The van der Waals surface area contributed by atoms with Crippen molar-refractivity contribution in [1.29, 1.82) is 0 Å². The molecule has 0 aromatic carbocycles. The van der Waals surface area contributed by atoms with Crippen LogP contribution in [0, 0.1) is 0 Å². The Hall–Kier alpha value is -2.82. The molecule has 1 aliphatic heterocycles. The quantitative estimate of drug-likeness (QED) is 0.176. The van der Waals surface area contributed by atoms with Gasteiger partial charge in [-0.1, -0.05) is 5.16 Å². The number of hydrogen-bond donors (Lipinski definition) is 3. The second-order valence-corrected chi connectivity index (χ2v) is 8.84. The highest BCUT2D eigenvalue weighted by Crippen LogP contribution is 2.40. The standard InChI is InChI=1S/C14H17N5O9S2/c1-7-10(11(21)19(7)27-6-30(24,25)26)18(8-5-29-13(15)17-8)9(20)4-16-28-14(2-3-14)12(22)23/h4-5,7,10H,2-3,6H2,1H3,(H2,15,17)(H,22,23)(H,24,25,26)/t7-,10+/m1/s1. The Labute approximate surface area is 173 Å². The van der Waals surface area contributed by atoms with Gasteiger partial charge in [0.1, 0.15) is 18.1 Å². The van der Waals surface area contributed by atoms with Crippen LogP contribution in [0.4, 0.5) is 10.9 Å². The molecule has 0 bridgehead atoms. The highest BCUT2D eigenvalue weighted by Gasteiger charge is 2.55. The van der Waals surface area contributed by atoms with E-state index in [0.717, 1.165) is 16.2 Å². The maximum absolute atomic E-state index is 12.7. The first-order valence-electron chi connectivity index (χ1n) is 8.35. The number of anilines is 2. The van der Waals surface area contributed by atoms with Crippen LogP contribution < -0.4 is 10.6 Å². The normalized spacial score (nSPS) is 22.6. The zero-order valence-corrected chi connectivity index (χ0v) is 17.0. The molecule has 2 aliphatic rings. The third kappa shape index (κ3) is 4.35. The van der Waals surface area contributed by atoms with Gasteiger partial charge in [0.25, 0.3) is 21.9 Å². The fraction of sp³-hybridized carbons (Fsp3) is 0.500. The molecule has 4 N–H and O–H groups in total. The van der Waals surface area contributed by atoms with Crippen LogP contribution in [0.2, 0.25) is 0 Å². The summed E-state index contributed by atoms with van der Waals surface area (Å²) in [6, 6.07) is -1.95. The molecule has 2 amide bonds. The van der Waals surface area contributed by atoms with Crippen molar-refractivity contribution in [3.8, 4) is 0 Å². The van der Waals surface area contributed by atoms with Crippen molar-refractivity contribution in [2.24, 2.45) is 5.16 Å². The maximum atomic E-state index is 12.7. The molecule has 0 spiro atoms. The van der Waals surface area contributed by atoms with Crippen molar-refractivity contribution >= 4 is 56.4 Å². The van der Waals surface area contributed by atoms with E-state index in [1.165, 1.54) is 12.3 Å². The number of oxime groups is 1. The van der Waals surface area contributed by atoms with Crippen molar-refractivity contribution < 1.29 is 42.1 Å². The fourth-order valence-corrected chi connectivity index (χ4v) is 3.47. The van der Waals surface area contributed by atoms with Gasteiger partial charge in [-0.25, -0.2) is 14.8 Å². The Kier molecular flexibility index (Phi) is 5.68. The summed E-state index contributed by atoms with van der Waals surface area (Å²) in [7, 11) is -4.48. The van der Waals surface area contributed by atoms with Crippen molar-refractivity contribution in [3.63, 3.8) is 0 Å².